The van der Waals surface area contributed by atoms with E-state index in [0.29, 0.717) is 10.9 Å². The van der Waals surface area contributed by atoms with E-state index in [0.717, 1.165) is 31.7 Å². The number of nitrogens with one attached hydrogen (secondary N) is 2. The molecule has 1 aromatic rings. The number of benzene rings is 1. The van der Waals surface area contributed by atoms with Crippen LogP contribution in [0.5, 0.6) is 0 Å². The number of hydrogen-bond acceptors (Lipinski definition) is 2. The van der Waals surface area contributed by atoms with E-state index in [4.69, 9.17) is 11.6 Å². The van der Waals surface area contributed by atoms with Gasteiger partial charge in [-0.3, -0.25) is 0 Å². The van der Waals surface area contributed by atoms with Crippen LogP contribution in [0.1, 0.15) is 6.42 Å². The number of halogens is 1. The SMILES string of the molecule is CN1CC[C@H](CNC(=O)Nc2ccc(Cl)cc2)C1. The molecule has 0 aromatic heterocycles. The van der Waals surface area contributed by atoms with E-state index >= 15 is 0 Å². The molecular formula is C13H18ClN3O. The molecule has 1 aromatic carbocycles. The Kier molecular flexibility index (Phi) is 4.44. The van der Waals surface area contributed by atoms with Gasteiger partial charge in [0, 0.05) is 23.8 Å². The van der Waals surface area contributed by atoms with E-state index < -0.39 is 0 Å². The van der Waals surface area contributed by atoms with Crippen LogP contribution in [0.25, 0.3) is 0 Å². The molecule has 2 amide bonds. The van der Waals surface area contributed by atoms with Crippen LogP contribution in [0.15, 0.2) is 24.3 Å². The van der Waals surface area contributed by atoms with Crippen LogP contribution >= 0.6 is 11.6 Å². The molecule has 0 aliphatic carbocycles. The predicted molar refractivity (Wildman–Crippen MR) is 74.1 cm³/mol. The van der Waals surface area contributed by atoms with Crippen molar-refractivity contribution in [3.63, 3.8) is 0 Å². The maximum absolute atomic E-state index is 11.7. The Hall–Kier alpha value is -1.26. The number of urea groups is 1. The summed E-state index contributed by atoms with van der Waals surface area (Å²) >= 11 is 5.78. The molecule has 5 heteroatoms. The van der Waals surface area contributed by atoms with E-state index in [1.54, 1.807) is 24.3 Å². The van der Waals surface area contributed by atoms with Crippen LogP contribution in [0.2, 0.25) is 5.02 Å². The van der Waals surface area contributed by atoms with Crippen molar-refractivity contribution in [3.8, 4) is 0 Å². The molecule has 0 spiro atoms. The first kappa shape index (κ1) is 13.2. The first-order chi connectivity index (χ1) is 8.63. The Morgan fingerprint density at radius 3 is 2.78 bits per heavy atom. The van der Waals surface area contributed by atoms with Gasteiger partial charge in [0.25, 0.3) is 0 Å². The van der Waals surface area contributed by atoms with Gasteiger partial charge in [-0.15, -0.1) is 0 Å². The fraction of sp³-hybridized carbons (Fsp3) is 0.462. The predicted octanol–water partition coefficient (Wildman–Crippen LogP) is 2.41. The minimum atomic E-state index is -0.160. The quantitative estimate of drug-likeness (QED) is 0.883. The third kappa shape index (κ3) is 3.89. The molecule has 1 heterocycles. The number of carbonyl (C=O) groups excluding carboxylic acids is 1. The lowest BCUT2D eigenvalue weighted by atomic mass is 10.1. The summed E-state index contributed by atoms with van der Waals surface area (Å²) in [6, 6.07) is 6.91. The van der Waals surface area contributed by atoms with Crippen molar-refractivity contribution in [2.24, 2.45) is 5.92 Å². The molecule has 18 heavy (non-hydrogen) atoms. The second-order valence-corrected chi connectivity index (χ2v) is 5.20. The summed E-state index contributed by atoms with van der Waals surface area (Å²) in [4.78, 5) is 13.9. The third-order valence-electron chi connectivity index (χ3n) is 3.14. The zero-order valence-corrected chi connectivity index (χ0v) is 11.2. The average molecular weight is 268 g/mol. The van der Waals surface area contributed by atoms with Gasteiger partial charge < -0.3 is 15.5 Å². The van der Waals surface area contributed by atoms with Gasteiger partial charge in [0.05, 0.1) is 0 Å². The number of carbonyl (C=O) groups is 1. The van der Waals surface area contributed by atoms with Gasteiger partial charge in [0.15, 0.2) is 0 Å². The van der Waals surface area contributed by atoms with E-state index in [1.807, 2.05) is 0 Å². The zero-order chi connectivity index (χ0) is 13.0. The molecule has 98 valence electrons. The molecule has 1 aliphatic heterocycles. The van der Waals surface area contributed by atoms with Gasteiger partial charge in [0.2, 0.25) is 0 Å². The molecule has 1 fully saturated rings. The van der Waals surface area contributed by atoms with E-state index in [9.17, 15) is 4.79 Å². The monoisotopic (exact) mass is 267 g/mol. The van der Waals surface area contributed by atoms with E-state index in [2.05, 4.69) is 22.6 Å². The number of hydrogen-bond donors (Lipinski definition) is 2. The van der Waals surface area contributed by atoms with E-state index in [-0.39, 0.29) is 6.03 Å². The molecule has 0 unspecified atom stereocenters. The molecule has 1 saturated heterocycles. The van der Waals surface area contributed by atoms with Crippen molar-refractivity contribution in [2.45, 2.75) is 6.42 Å². The van der Waals surface area contributed by atoms with Gasteiger partial charge in [-0.25, -0.2) is 4.79 Å². The lowest BCUT2D eigenvalue weighted by Gasteiger charge is -2.12. The molecule has 4 nitrogen and oxygen atoms in total. The summed E-state index contributed by atoms with van der Waals surface area (Å²) in [7, 11) is 2.10. The van der Waals surface area contributed by atoms with Crippen molar-refractivity contribution in [3.05, 3.63) is 29.3 Å². The van der Waals surface area contributed by atoms with Crippen LogP contribution in [0.4, 0.5) is 10.5 Å². The Bertz CT molecular complexity index is 407. The van der Waals surface area contributed by atoms with Crippen molar-refractivity contribution in [2.75, 3.05) is 32.0 Å². The summed E-state index contributed by atoms with van der Waals surface area (Å²) in [6.07, 6.45) is 1.15. The van der Waals surface area contributed by atoms with Gasteiger partial charge >= 0.3 is 6.03 Å². The van der Waals surface area contributed by atoms with Crippen LogP contribution < -0.4 is 10.6 Å². The number of anilines is 1. The van der Waals surface area contributed by atoms with E-state index in [1.165, 1.54) is 0 Å². The van der Waals surface area contributed by atoms with Crippen LogP contribution in [0.3, 0.4) is 0 Å². The second-order valence-electron chi connectivity index (χ2n) is 4.76. The Morgan fingerprint density at radius 2 is 2.17 bits per heavy atom. The highest BCUT2D eigenvalue weighted by atomic mass is 35.5. The summed E-state index contributed by atoms with van der Waals surface area (Å²) in [5.74, 6) is 0.561. The Morgan fingerprint density at radius 1 is 1.44 bits per heavy atom. The molecule has 0 radical (unpaired) electrons. The normalized spacial score (nSPS) is 19.8. The Labute approximate surface area is 112 Å². The highest BCUT2D eigenvalue weighted by molar-refractivity contribution is 6.30. The molecule has 1 atom stereocenters. The second kappa shape index (κ2) is 6.07. The highest BCUT2D eigenvalue weighted by Gasteiger charge is 2.19. The number of amides is 2. The number of nitrogens with zero attached hydrogens (tertiary/aromatic N) is 1. The average Bonchev–Trinajstić information content (AvgIpc) is 2.76. The standard InChI is InChI=1S/C13H18ClN3O/c1-17-7-6-10(9-17)8-15-13(18)16-12-4-2-11(14)3-5-12/h2-5,10H,6-9H2,1H3,(H2,15,16,18)/t10-/m1/s1. The summed E-state index contributed by atoms with van der Waals surface area (Å²) in [6.45, 7) is 2.90. The lowest BCUT2D eigenvalue weighted by Crippen LogP contribution is -2.33. The summed E-state index contributed by atoms with van der Waals surface area (Å²) < 4.78 is 0. The minimum Gasteiger partial charge on any atom is -0.338 e. The molecule has 2 N–H and O–H groups in total. The van der Waals surface area contributed by atoms with Crippen LogP contribution in [-0.2, 0) is 0 Å². The first-order valence-corrected chi connectivity index (χ1v) is 6.50. The molecular weight excluding hydrogens is 250 g/mol. The smallest absolute Gasteiger partial charge is 0.319 e. The van der Waals surface area contributed by atoms with Crippen molar-refractivity contribution in [1.29, 1.82) is 0 Å². The fourth-order valence-corrected chi connectivity index (χ4v) is 2.26. The fourth-order valence-electron chi connectivity index (χ4n) is 2.14. The summed E-state index contributed by atoms with van der Waals surface area (Å²) in [5.41, 5.74) is 0.750. The van der Waals surface area contributed by atoms with Crippen molar-refractivity contribution < 1.29 is 4.79 Å². The van der Waals surface area contributed by atoms with Crippen LogP contribution in [-0.4, -0.2) is 37.6 Å². The lowest BCUT2D eigenvalue weighted by molar-refractivity contribution is 0.250. The van der Waals surface area contributed by atoms with Crippen LogP contribution in [0, 0.1) is 5.92 Å². The summed E-state index contributed by atoms with van der Waals surface area (Å²) in [5, 5.41) is 6.34. The molecule has 0 saturated carbocycles. The third-order valence-corrected chi connectivity index (χ3v) is 3.39. The highest BCUT2D eigenvalue weighted by Crippen LogP contribution is 2.14. The number of rotatable bonds is 3. The van der Waals surface area contributed by atoms with Crippen molar-refractivity contribution in [1.82, 2.24) is 10.2 Å². The van der Waals surface area contributed by atoms with Gasteiger partial charge in [0.1, 0.15) is 0 Å². The van der Waals surface area contributed by atoms with Crippen molar-refractivity contribution >= 4 is 23.3 Å². The Balaban J connectivity index is 1.73. The van der Waals surface area contributed by atoms with Gasteiger partial charge in [-0.1, -0.05) is 11.6 Å². The first-order valence-electron chi connectivity index (χ1n) is 6.12. The molecule has 0 bridgehead atoms. The topological polar surface area (TPSA) is 44.4 Å². The maximum atomic E-state index is 11.7. The minimum absolute atomic E-state index is 0.160. The maximum Gasteiger partial charge on any atom is 0.319 e. The van der Waals surface area contributed by atoms with Gasteiger partial charge in [-0.05, 0) is 50.2 Å². The number of likely N-dealkylation sites (tertiary alicyclic amines) is 1. The molecule has 2 rings (SSSR count). The van der Waals surface area contributed by atoms with Gasteiger partial charge in [-0.2, -0.15) is 0 Å². The largest absolute Gasteiger partial charge is 0.338 e. The zero-order valence-electron chi connectivity index (χ0n) is 10.4. The molecule has 1 aliphatic rings.